The molecule has 2 aliphatic heterocycles. The first-order valence-electron chi connectivity index (χ1n) is 12.9. The second-order valence-corrected chi connectivity index (χ2v) is 9.42. The van der Waals surface area contributed by atoms with Gasteiger partial charge in [-0.05, 0) is 79.2 Å². The van der Waals surface area contributed by atoms with Crippen molar-refractivity contribution in [3.05, 3.63) is 63.7 Å². The Morgan fingerprint density at radius 2 is 1.66 bits per heavy atom. The third kappa shape index (κ3) is 7.88. The van der Waals surface area contributed by atoms with Crippen LogP contribution in [0.1, 0.15) is 36.3 Å². The quantitative estimate of drug-likeness (QED) is 0.273. The molecule has 1 fully saturated rings. The number of rotatable bonds is 9. The Morgan fingerprint density at radius 1 is 0.974 bits per heavy atom. The number of nitro benzene ring substituents is 1. The van der Waals surface area contributed by atoms with Gasteiger partial charge in [0.15, 0.2) is 5.75 Å². The molecule has 208 valence electrons. The highest BCUT2D eigenvalue weighted by atomic mass is 19.1. The van der Waals surface area contributed by atoms with E-state index in [2.05, 4.69) is 11.0 Å². The third-order valence-electron chi connectivity index (χ3n) is 7.16. The predicted octanol–water partition coefficient (Wildman–Crippen LogP) is 5.09. The van der Waals surface area contributed by atoms with Crippen LogP contribution in [-0.2, 0) is 0 Å². The molecule has 0 radical (unpaired) electrons. The molecule has 4 rings (SSSR count). The molecule has 10 heteroatoms. The number of likely N-dealkylation sites (tertiary alicyclic amines) is 1. The predicted molar refractivity (Wildman–Crippen MR) is 146 cm³/mol. The molecule has 1 saturated heterocycles. The first-order valence-corrected chi connectivity index (χ1v) is 12.9. The SMILES string of the molecule is COc1cc(C2=CCN(CCF)CC2)ccc1[N+](=O)[O-].COc1cc(C2CCN(CCF)CC2)ccc1N. The molecular formula is C28H38F2N4O4. The van der Waals surface area contributed by atoms with Crippen LogP contribution in [-0.4, -0.2) is 81.6 Å². The molecule has 0 atom stereocenters. The monoisotopic (exact) mass is 532 g/mol. The Kier molecular flexibility index (Phi) is 11.3. The zero-order valence-electron chi connectivity index (χ0n) is 22.2. The minimum Gasteiger partial charge on any atom is -0.495 e. The van der Waals surface area contributed by atoms with Crippen LogP contribution in [0.25, 0.3) is 5.57 Å². The fraction of sp³-hybridized carbons (Fsp3) is 0.500. The van der Waals surface area contributed by atoms with Crippen molar-refractivity contribution in [2.24, 2.45) is 0 Å². The molecule has 0 saturated carbocycles. The molecule has 38 heavy (non-hydrogen) atoms. The van der Waals surface area contributed by atoms with Crippen LogP contribution in [0.3, 0.4) is 0 Å². The summed E-state index contributed by atoms with van der Waals surface area (Å²) in [7, 11) is 3.06. The van der Waals surface area contributed by atoms with Gasteiger partial charge in [0.1, 0.15) is 19.1 Å². The molecule has 0 amide bonds. The molecule has 2 aromatic rings. The summed E-state index contributed by atoms with van der Waals surface area (Å²) in [6.45, 7) is 3.89. The number of hydrogen-bond acceptors (Lipinski definition) is 7. The van der Waals surface area contributed by atoms with Crippen molar-refractivity contribution in [1.29, 1.82) is 0 Å². The minimum absolute atomic E-state index is 0.0354. The number of nitrogen functional groups attached to an aromatic ring is 1. The first kappa shape index (κ1) is 29.3. The summed E-state index contributed by atoms with van der Waals surface area (Å²) in [4.78, 5) is 14.6. The van der Waals surface area contributed by atoms with E-state index in [0.29, 0.717) is 31.2 Å². The molecule has 8 nitrogen and oxygen atoms in total. The number of piperidine rings is 1. The van der Waals surface area contributed by atoms with E-state index in [1.54, 1.807) is 19.2 Å². The summed E-state index contributed by atoms with van der Waals surface area (Å²) in [5.41, 5.74) is 9.78. The van der Waals surface area contributed by atoms with Crippen molar-refractivity contribution in [2.75, 3.05) is 72.6 Å². The molecule has 0 spiro atoms. The van der Waals surface area contributed by atoms with Crippen LogP contribution in [0.2, 0.25) is 0 Å². The fourth-order valence-electron chi connectivity index (χ4n) is 4.92. The van der Waals surface area contributed by atoms with Crippen LogP contribution in [0, 0.1) is 10.1 Å². The van der Waals surface area contributed by atoms with Crippen LogP contribution in [0.4, 0.5) is 20.2 Å². The maximum absolute atomic E-state index is 12.3. The summed E-state index contributed by atoms with van der Waals surface area (Å²) in [6.07, 6.45) is 5.00. The van der Waals surface area contributed by atoms with Gasteiger partial charge in [-0.1, -0.05) is 12.1 Å². The lowest BCUT2D eigenvalue weighted by atomic mass is 9.89. The standard InChI is InChI=1S/C14H17FN2O3.C14H21FN2O/c1-20-14-10-12(2-3-13(14)17(18)19)11-4-7-16(8-5-11)9-6-15;1-18-14-10-12(2-3-13(14)16)11-4-7-17(8-5-11)9-6-15/h2-4,10H,5-9H2,1H3;2-3,10-11H,4-9,16H2,1H3. The lowest BCUT2D eigenvalue weighted by molar-refractivity contribution is -0.385. The molecule has 2 N–H and O–H groups in total. The number of alkyl halides is 2. The summed E-state index contributed by atoms with van der Waals surface area (Å²) in [5, 5.41) is 10.9. The Balaban J connectivity index is 0.000000212. The van der Waals surface area contributed by atoms with Crippen LogP contribution < -0.4 is 15.2 Å². The second-order valence-electron chi connectivity index (χ2n) is 9.42. The average Bonchev–Trinajstić information content (AvgIpc) is 2.94. The molecule has 2 aliphatic rings. The van der Waals surface area contributed by atoms with E-state index in [0.717, 1.165) is 55.8 Å². The van der Waals surface area contributed by atoms with Crippen LogP contribution >= 0.6 is 0 Å². The van der Waals surface area contributed by atoms with Crippen molar-refractivity contribution < 1.29 is 23.2 Å². The van der Waals surface area contributed by atoms with Gasteiger partial charge in [-0.3, -0.25) is 15.0 Å². The number of nitro groups is 1. The molecule has 0 aromatic heterocycles. The molecular weight excluding hydrogens is 494 g/mol. The van der Waals surface area contributed by atoms with Crippen molar-refractivity contribution in [1.82, 2.24) is 9.80 Å². The summed E-state index contributed by atoms with van der Waals surface area (Å²) >= 11 is 0. The van der Waals surface area contributed by atoms with Crippen molar-refractivity contribution in [2.45, 2.75) is 25.2 Å². The number of hydrogen-bond donors (Lipinski definition) is 1. The Hall–Kier alpha value is -3.24. The first-order chi connectivity index (χ1) is 18.4. The van der Waals surface area contributed by atoms with E-state index < -0.39 is 4.92 Å². The van der Waals surface area contributed by atoms with Crippen molar-refractivity contribution in [3.8, 4) is 11.5 Å². The lowest BCUT2D eigenvalue weighted by Crippen LogP contribution is -2.34. The topological polar surface area (TPSA) is 94.1 Å². The molecule has 0 bridgehead atoms. The summed E-state index contributed by atoms with van der Waals surface area (Å²) < 4.78 is 34.9. The summed E-state index contributed by atoms with van der Waals surface area (Å²) in [6, 6.07) is 10.9. The number of nitrogens with two attached hydrogens (primary N) is 1. The van der Waals surface area contributed by atoms with Gasteiger partial charge in [-0.15, -0.1) is 0 Å². The number of anilines is 1. The van der Waals surface area contributed by atoms with E-state index >= 15 is 0 Å². The average molecular weight is 533 g/mol. The Bertz CT molecular complexity index is 1090. The van der Waals surface area contributed by atoms with Gasteiger partial charge in [0.05, 0.1) is 24.8 Å². The van der Waals surface area contributed by atoms with Gasteiger partial charge < -0.3 is 20.1 Å². The molecule has 2 aromatic carbocycles. The molecule has 0 aliphatic carbocycles. The van der Waals surface area contributed by atoms with E-state index in [4.69, 9.17) is 15.2 Å². The number of halogens is 2. The second kappa shape index (κ2) is 14.6. The van der Waals surface area contributed by atoms with Gasteiger partial charge in [-0.25, -0.2) is 8.78 Å². The van der Waals surface area contributed by atoms with Crippen molar-refractivity contribution >= 4 is 16.9 Å². The fourth-order valence-corrected chi connectivity index (χ4v) is 4.92. The van der Waals surface area contributed by atoms with E-state index in [-0.39, 0.29) is 24.8 Å². The van der Waals surface area contributed by atoms with Crippen LogP contribution in [0.15, 0.2) is 42.5 Å². The van der Waals surface area contributed by atoms with E-state index in [9.17, 15) is 18.9 Å². The van der Waals surface area contributed by atoms with Gasteiger partial charge in [0, 0.05) is 32.2 Å². The minimum atomic E-state index is -0.457. The Morgan fingerprint density at radius 3 is 2.24 bits per heavy atom. The van der Waals surface area contributed by atoms with E-state index in [1.807, 2.05) is 23.1 Å². The normalized spacial score (nSPS) is 16.8. The van der Waals surface area contributed by atoms with Crippen LogP contribution in [0.5, 0.6) is 11.5 Å². The zero-order valence-corrected chi connectivity index (χ0v) is 22.2. The largest absolute Gasteiger partial charge is 0.495 e. The third-order valence-corrected chi connectivity index (χ3v) is 7.16. The lowest BCUT2D eigenvalue weighted by Gasteiger charge is -2.31. The molecule has 0 unspecified atom stereocenters. The van der Waals surface area contributed by atoms with Gasteiger partial charge in [0.2, 0.25) is 0 Å². The highest BCUT2D eigenvalue weighted by Gasteiger charge is 2.21. The van der Waals surface area contributed by atoms with Crippen molar-refractivity contribution in [3.63, 3.8) is 0 Å². The van der Waals surface area contributed by atoms with Gasteiger partial charge in [0.25, 0.3) is 0 Å². The smallest absolute Gasteiger partial charge is 0.310 e. The maximum Gasteiger partial charge on any atom is 0.310 e. The zero-order chi connectivity index (χ0) is 27.5. The van der Waals surface area contributed by atoms with Gasteiger partial charge >= 0.3 is 5.69 Å². The summed E-state index contributed by atoms with van der Waals surface area (Å²) in [5.74, 6) is 1.55. The number of benzene rings is 2. The van der Waals surface area contributed by atoms with E-state index in [1.165, 1.54) is 18.7 Å². The number of ether oxygens (including phenoxy) is 2. The maximum atomic E-state index is 12.3. The number of nitrogens with zero attached hydrogens (tertiary/aromatic N) is 3. The van der Waals surface area contributed by atoms with Gasteiger partial charge in [-0.2, -0.15) is 0 Å². The highest BCUT2D eigenvalue weighted by Crippen LogP contribution is 2.33. The highest BCUT2D eigenvalue weighted by molar-refractivity contribution is 5.70. The molecule has 2 heterocycles. The number of methoxy groups -OCH3 is 2. The Labute approximate surface area is 223 Å².